The Bertz CT molecular complexity index is 1080. The zero-order chi connectivity index (χ0) is 22.5. The first-order valence-corrected chi connectivity index (χ1v) is 10.2. The van der Waals surface area contributed by atoms with Crippen LogP contribution in [-0.4, -0.2) is 72.4 Å². The molecule has 1 aliphatic heterocycles. The van der Waals surface area contributed by atoms with Crippen molar-refractivity contribution in [1.82, 2.24) is 14.7 Å². The summed E-state index contributed by atoms with van der Waals surface area (Å²) in [5, 5.41) is 16.3. The summed E-state index contributed by atoms with van der Waals surface area (Å²) in [5.74, 6) is 1.33. The number of ether oxygens (including phenoxy) is 2. The summed E-state index contributed by atoms with van der Waals surface area (Å²) in [6.07, 6.45) is 1.21. The summed E-state index contributed by atoms with van der Waals surface area (Å²) in [6, 6.07) is 16.8. The highest BCUT2D eigenvalue weighted by molar-refractivity contribution is 5.95. The molecule has 9 heteroatoms. The first kappa shape index (κ1) is 21.2. The smallest absolute Gasteiger partial charge is 0.272 e. The van der Waals surface area contributed by atoms with Gasteiger partial charge in [-0.25, -0.2) is 4.68 Å². The van der Waals surface area contributed by atoms with Crippen molar-refractivity contribution in [3.05, 3.63) is 66.0 Å². The number of carbonyl (C=O) groups is 1. The molecule has 0 saturated carbocycles. The number of hydrogen-bond acceptors (Lipinski definition) is 7. The number of nitrogens with zero attached hydrogens (tertiary/aromatic N) is 5. The van der Waals surface area contributed by atoms with E-state index in [1.165, 1.54) is 6.21 Å². The summed E-state index contributed by atoms with van der Waals surface area (Å²) in [4.78, 5) is 17.4. The second-order valence-electron chi connectivity index (χ2n) is 7.30. The molecule has 1 amide bonds. The number of anilines is 1. The molecule has 32 heavy (non-hydrogen) atoms. The first-order valence-electron chi connectivity index (χ1n) is 10.2. The van der Waals surface area contributed by atoms with Gasteiger partial charge in [0.2, 0.25) is 0 Å². The summed E-state index contributed by atoms with van der Waals surface area (Å²) in [5.41, 5.74) is 2.57. The Morgan fingerprint density at radius 3 is 2.22 bits per heavy atom. The molecule has 2 heterocycles. The third-order valence-electron chi connectivity index (χ3n) is 5.41. The fraction of sp³-hybridized carbons (Fsp3) is 0.261. The fourth-order valence-electron chi connectivity index (χ4n) is 3.74. The van der Waals surface area contributed by atoms with Gasteiger partial charge in [-0.05, 0) is 18.2 Å². The Morgan fingerprint density at radius 2 is 1.62 bits per heavy atom. The maximum absolute atomic E-state index is 13.4. The molecule has 166 valence electrons. The van der Waals surface area contributed by atoms with E-state index >= 15 is 0 Å². The van der Waals surface area contributed by atoms with Crippen LogP contribution in [-0.2, 0) is 0 Å². The molecule has 1 N–H and O–H groups in total. The molecule has 9 nitrogen and oxygen atoms in total. The Kier molecular flexibility index (Phi) is 6.25. The van der Waals surface area contributed by atoms with E-state index in [9.17, 15) is 4.79 Å². The molecule has 0 aliphatic carbocycles. The van der Waals surface area contributed by atoms with Crippen molar-refractivity contribution < 1.29 is 19.5 Å². The summed E-state index contributed by atoms with van der Waals surface area (Å²) >= 11 is 0. The minimum Gasteiger partial charge on any atom is -0.497 e. The average Bonchev–Trinajstić information content (AvgIpc) is 3.28. The largest absolute Gasteiger partial charge is 0.497 e. The van der Waals surface area contributed by atoms with Crippen LogP contribution in [0.2, 0.25) is 0 Å². The number of carbonyl (C=O) groups excluding carboxylic acids is 1. The summed E-state index contributed by atoms with van der Waals surface area (Å²) in [6.45, 7) is 2.46. The minimum atomic E-state index is -0.123. The van der Waals surface area contributed by atoms with Crippen LogP contribution >= 0.6 is 0 Å². The number of benzene rings is 2. The van der Waals surface area contributed by atoms with Crippen LogP contribution in [0.4, 0.5) is 5.69 Å². The Labute approximate surface area is 186 Å². The lowest BCUT2D eigenvalue weighted by atomic mass is 10.2. The van der Waals surface area contributed by atoms with Gasteiger partial charge in [-0.1, -0.05) is 23.4 Å². The molecular weight excluding hydrogens is 410 g/mol. The normalized spacial score (nSPS) is 14.1. The highest BCUT2D eigenvalue weighted by atomic mass is 16.5. The van der Waals surface area contributed by atoms with E-state index in [1.54, 1.807) is 25.0 Å². The molecular formula is C23H25N5O4. The lowest BCUT2D eigenvalue weighted by Crippen LogP contribution is -2.49. The number of para-hydroxylation sites is 1. The van der Waals surface area contributed by atoms with Crippen LogP contribution in [0.25, 0.3) is 5.69 Å². The highest BCUT2D eigenvalue weighted by Crippen LogP contribution is 2.29. The van der Waals surface area contributed by atoms with Crippen LogP contribution in [0.15, 0.2) is 59.8 Å². The molecule has 0 radical (unpaired) electrons. The third-order valence-corrected chi connectivity index (χ3v) is 5.41. The number of amides is 1. The van der Waals surface area contributed by atoms with Gasteiger partial charge in [0.05, 0.1) is 26.1 Å². The van der Waals surface area contributed by atoms with E-state index in [1.807, 2.05) is 53.4 Å². The van der Waals surface area contributed by atoms with Gasteiger partial charge in [0.1, 0.15) is 22.9 Å². The minimum absolute atomic E-state index is 0.123. The number of aromatic nitrogens is 2. The van der Waals surface area contributed by atoms with E-state index in [-0.39, 0.29) is 5.91 Å². The summed E-state index contributed by atoms with van der Waals surface area (Å²) in [7, 11) is 3.25. The zero-order valence-electron chi connectivity index (χ0n) is 18.0. The van der Waals surface area contributed by atoms with Gasteiger partial charge in [0, 0.05) is 50.1 Å². The van der Waals surface area contributed by atoms with Gasteiger partial charge in [-0.2, -0.15) is 5.10 Å². The molecule has 0 bridgehead atoms. The van der Waals surface area contributed by atoms with Crippen molar-refractivity contribution >= 4 is 17.8 Å². The van der Waals surface area contributed by atoms with E-state index in [2.05, 4.69) is 15.2 Å². The Morgan fingerprint density at radius 1 is 0.969 bits per heavy atom. The molecule has 0 spiro atoms. The van der Waals surface area contributed by atoms with Gasteiger partial charge in [-0.15, -0.1) is 0 Å². The Balaban J connectivity index is 1.53. The van der Waals surface area contributed by atoms with Crippen LogP contribution < -0.4 is 14.4 Å². The molecule has 3 aromatic rings. The van der Waals surface area contributed by atoms with Crippen molar-refractivity contribution in [3.63, 3.8) is 0 Å². The van der Waals surface area contributed by atoms with Crippen molar-refractivity contribution in [1.29, 1.82) is 0 Å². The quantitative estimate of drug-likeness (QED) is 0.364. The summed E-state index contributed by atoms with van der Waals surface area (Å²) < 4.78 is 12.3. The van der Waals surface area contributed by atoms with Crippen molar-refractivity contribution in [2.45, 2.75) is 0 Å². The number of methoxy groups -OCH3 is 2. The SMILES string of the molecule is COc1cc(OC)cc(N2CCN(C(=O)c3cc(/C=N/O)nn3-c3ccccc3)CC2)c1. The van der Waals surface area contributed by atoms with Crippen molar-refractivity contribution in [3.8, 4) is 17.2 Å². The van der Waals surface area contributed by atoms with Crippen molar-refractivity contribution in [2.24, 2.45) is 5.16 Å². The first-order chi connectivity index (χ1) is 15.6. The molecule has 1 aliphatic rings. The topological polar surface area (TPSA) is 92.4 Å². The maximum atomic E-state index is 13.4. The van der Waals surface area contributed by atoms with Gasteiger partial charge in [-0.3, -0.25) is 4.79 Å². The zero-order valence-corrected chi connectivity index (χ0v) is 18.0. The van der Waals surface area contributed by atoms with E-state index in [0.717, 1.165) is 22.9 Å². The average molecular weight is 435 g/mol. The van der Waals surface area contributed by atoms with Crippen LogP contribution in [0.5, 0.6) is 11.5 Å². The fourth-order valence-corrected chi connectivity index (χ4v) is 3.74. The third kappa shape index (κ3) is 4.36. The molecule has 2 aromatic carbocycles. The van der Waals surface area contributed by atoms with Gasteiger partial charge in [0.15, 0.2) is 0 Å². The standard InChI is InChI=1S/C23H25N5O4/c1-31-20-13-19(14-21(15-20)32-2)26-8-10-27(11-9-26)23(29)22-12-17(16-24-30)25-28(22)18-6-4-3-5-7-18/h3-7,12-16,30H,8-11H2,1-2H3/b24-16+. The molecule has 0 unspecified atom stereocenters. The molecule has 0 atom stereocenters. The second-order valence-corrected chi connectivity index (χ2v) is 7.30. The van der Waals surface area contributed by atoms with E-state index in [0.29, 0.717) is 37.6 Å². The molecule has 1 fully saturated rings. The number of piperazine rings is 1. The number of oxime groups is 1. The van der Waals surface area contributed by atoms with Crippen LogP contribution in [0, 0.1) is 0 Å². The number of rotatable bonds is 6. The van der Waals surface area contributed by atoms with Gasteiger partial charge < -0.3 is 24.5 Å². The molecule has 1 aromatic heterocycles. The van der Waals surface area contributed by atoms with E-state index < -0.39 is 0 Å². The van der Waals surface area contributed by atoms with Crippen LogP contribution in [0.3, 0.4) is 0 Å². The van der Waals surface area contributed by atoms with Gasteiger partial charge in [0.25, 0.3) is 5.91 Å². The number of hydrogen-bond donors (Lipinski definition) is 1. The van der Waals surface area contributed by atoms with Crippen LogP contribution in [0.1, 0.15) is 16.2 Å². The maximum Gasteiger partial charge on any atom is 0.272 e. The molecule has 4 rings (SSSR count). The lowest BCUT2D eigenvalue weighted by Gasteiger charge is -2.36. The van der Waals surface area contributed by atoms with Gasteiger partial charge >= 0.3 is 0 Å². The molecule has 1 saturated heterocycles. The second kappa shape index (κ2) is 9.42. The van der Waals surface area contributed by atoms with E-state index in [4.69, 9.17) is 14.7 Å². The lowest BCUT2D eigenvalue weighted by molar-refractivity contribution is 0.0737. The van der Waals surface area contributed by atoms with Crippen molar-refractivity contribution in [2.75, 3.05) is 45.3 Å². The highest BCUT2D eigenvalue weighted by Gasteiger charge is 2.26. The predicted octanol–water partition coefficient (Wildman–Crippen LogP) is 2.66. The monoisotopic (exact) mass is 435 g/mol. The Hall–Kier alpha value is -4.01. The predicted molar refractivity (Wildman–Crippen MR) is 121 cm³/mol.